The first kappa shape index (κ1) is 12.0. The number of fused-ring (bicyclic) bond motifs is 2. The lowest BCUT2D eigenvalue weighted by atomic mass is 9.82. The van der Waals surface area contributed by atoms with Crippen molar-refractivity contribution in [2.45, 2.75) is 6.42 Å². The molecule has 4 heteroatoms. The predicted molar refractivity (Wildman–Crippen MR) is 70.4 cm³/mol. The molecule has 0 heterocycles. The number of hydrogen-bond donors (Lipinski definition) is 2. The van der Waals surface area contributed by atoms with Gasteiger partial charge in [-0.1, -0.05) is 30.4 Å². The van der Waals surface area contributed by atoms with Gasteiger partial charge in [0.15, 0.2) is 0 Å². The van der Waals surface area contributed by atoms with E-state index in [1.165, 1.54) is 0 Å². The summed E-state index contributed by atoms with van der Waals surface area (Å²) in [6, 6.07) is 9.15. The summed E-state index contributed by atoms with van der Waals surface area (Å²) in [6.07, 6.45) is 4.71. The average Bonchev–Trinajstić information content (AvgIpc) is 2.99. The highest BCUT2D eigenvalue weighted by molar-refractivity contribution is 5.96. The molecular weight excluding hydrogens is 242 g/mol. The summed E-state index contributed by atoms with van der Waals surface area (Å²) in [6.45, 7) is 0. The molecule has 1 fully saturated rings. The molecule has 4 nitrogen and oxygen atoms in total. The van der Waals surface area contributed by atoms with Crippen molar-refractivity contribution in [3.63, 3.8) is 0 Å². The number of amides is 1. The van der Waals surface area contributed by atoms with Crippen LogP contribution in [0.4, 0.5) is 5.69 Å². The summed E-state index contributed by atoms with van der Waals surface area (Å²) in [5.41, 5.74) is 0.711. The summed E-state index contributed by atoms with van der Waals surface area (Å²) >= 11 is 0. The van der Waals surface area contributed by atoms with E-state index in [1.807, 2.05) is 30.4 Å². The first-order valence-electron chi connectivity index (χ1n) is 6.44. The molecule has 1 amide bonds. The molecule has 0 radical (unpaired) electrons. The number of carbonyl (C=O) groups excluding carboxylic acids is 1. The Labute approximate surface area is 111 Å². The second-order valence-electron chi connectivity index (χ2n) is 5.19. The van der Waals surface area contributed by atoms with Crippen molar-refractivity contribution in [2.24, 2.45) is 23.7 Å². The third-order valence-corrected chi connectivity index (χ3v) is 4.09. The first-order chi connectivity index (χ1) is 9.16. The van der Waals surface area contributed by atoms with Crippen LogP contribution in [0.5, 0.6) is 0 Å². The minimum Gasteiger partial charge on any atom is -0.481 e. The van der Waals surface area contributed by atoms with E-state index in [1.54, 1.807) is 12.1 Å². The molecule has 0 saturated heterocycles. The normalized spacial score (nSPS) is 31.4. The summed E-state index contributed by atoms with van der Waals surface area (Å²) in [7, 11) is 0. The molecule has 0 unspecified atom stereocenters. The van der Waals surface area contributed by atoms with Crippen molar-refractivity contribution in [1.29, 1.82) is 0 Å². The lowest BCUT2D eigenvalue weighted by Crippen LogP contribution is -2.36. The number of carbonyl (C=O) groups is 2. The van der Waals surface area contributed by atoms with Crippen molar-refractivity contribution < 1.29 is 14.7 Å². The summed E-state index contributed by atoms with van der Waals surface area (Å²) in [5, 5.41) is 12.1. The zero-order chi connectivity index (χ0) is 13.4. The lowest BCUT2D eigenvalue weighted by molar-refractivity contribution is -0.146. The Morgan fingerprint density at radius 3 is 2.32 bits per heavy atom. The Kier molecular flexibility index (Phi) is 2.85. The fourth-order valence-corrected chi connectivity index (χ4v) is 3.26. The molecule has 19 heavy (non-hydrogen) atoms. The van der Waals surface area contributed by atoms with Crippen LogP contribution in [-0.4, -0.2) is 17.0 Å². The van der Waals surface area contributed by atoms with Crippen LogP contribution in [0.1, 0.15) is 6.42 Å². The maximum atomic E-state index is 12.3. The van der Waals surface area contributed by atoms with Gasteiger partial charge in [-0.15, -0.1) is 0 Å². The van der Waals surface area contributed by atoms with Gasteiger partial charge in [-0.2, -0.15) is 0 Å². The maximum absolute atomic E-state index is 12.3. The topological polar surface area (TPSA) is 66.4 Å². The van der Waals surface area contributed by atoms with E-state index in [-0.39, 0.29) is 17.7 Å². The monoisotopic (exact) mass is 257 g/mol. The van der Waals surface area contributed by atoms with E-state index in [2.05, 4.69) is 5.32 Å². The number of nitrogens with one attached hydrogen (secondary N) is 1. The van der Waals surface area contributed by atoms with Crippen LogP contribution in [0.3, 0.4) is 0 Å². The second kappa shape index (κ2) is 4.53. The van der Waals surface area contributed by atoms with Crippen molar-refractivity contribution in [3.05, 3.63) is 42.5 Å². The Morgan fingerprint density at radius 2 is 1.68 bits per heavy atom. The van der Waals surface area contributed by atoms with E-state index in [9.17, 15) is 14.7 Å². The molecule has 1 aromatic rings. The Bertz CT molecular complexity index is 538. The quantitative estimate of drug-likeness (QED) is 0.815. The molecule has 98 valence electrons. The molecule has 0 aliphatic heterocycles. The summed E-state index contributed by atoms with van der Waals surface area (Å²) < 4.78 is 0. The SMILES string of the molecule is O=C(Nc1ccccc1)[C@@H]1[C@H](C(=O)O)[C@H]2C=C[C@H]1C2. The van der Waals surface area contributed by atoms with Crippen LogP contribution in [0.2, 0.25) is 0 Å². The zero-order valence-corrected chi connectivity index (χ0v) is 10.3. The summed E-state index contributed by atoms with van der Waals surface area (Å²) in [5.74, 6) is -2.02. The number of carboxylic acids is 1. The zero-order valence-electron chi connectivity index (χ0n) is 10.3. The molecule has 2 N–H and O–H groups in total. The Balaban J connectivity index is 1.79. The molecule has 2 bridgehead atoms. The molecular formula is C15H15NO3. The van der Waals surface area contributed by atoms with Crippen LogP contribution in [0.15, 0.2) is 42.5 Å². The van der Waals surface area contributed by atoms with E-state index in [0.29, 0.717) is 5.69 Å². The average molecular weight is 257 g/mol. The number of benzene rings is 1. The van der Waals surface area contributed by atoms with E-state index in [4.69, 9.17) is 0 Å². The van der Waals surface area contributed by atoms with Crippen LogP contribution >= 0.6 is 0 Å². The van der Waals surface area contributed by atoms with E-state index >= 15 is 0 Å². The molecule has 0 spiro atoms. The van der Waals surface area contributed by atoms with Crippen molar-refractivity contribution >= 4 is 17.6 Å². The van der Waals surface area contributed by atoms with Gasteiger partial charge in [0, 0.05) is 5.69 Å². The first-order valence-corrected chi connectivity index (χ1v) is 6.44. The molecule has 2 aliphatic carbocycles. The van der Waals surface area contributed by atoms with Gasteiger partial charge in [-0.3, -0.25) is 9.59 Å². The van der Waals surface area contributed by atoms with Gasteiger partial charge in [0.05, 0.1) is 11.8 Å². The summed E-state index contributed by atoms with van der Waals surface area (Å²) in [4.78, 5) is 23.7. The highest BCUT2D eigenvalue weighted by Crippen LogP contribution is 2.48. The number of hydrogen-bond acceptors (Lipinski definition) is 2. The number of anilines is 1. The fourth-order valence-electron chi connectivity index (χ4n) is 3.26. The number of rotatable bonds is 3. The van der Waals surface area contributed by atoms with Crippen LogP contribution in [-0.2, 0) is 9.59 Å². The lowest BCUT2D eigenvalue weighted by Gasteiger charge is -2.23. The number of allylic oxidation sites excluding steroid dienone is 2. The largest absolute Gasteiger partial charge is 0.481 e. The maximum Gasteiger partial charge on any atom is 0.307 e. The number of carboxylic acid groups (broad SMARTS) is 1. The smallest absolute Gasteiger partial charge is 0.307 e. The minimum absolute atomic E-state index is 0.00835. The van der Waals surface area contributed by atoms with Gasteiger partial charge in [0.1, 0.15) is 0 Å². The van der Waals surface area contributed by atoms with Crippen LogP contribution in [0, 0.1) is 23.7 Å². The highest BCUT2D eigenvalue weighted by Gasteiger charge is 2.51. The van der Waals surface area contributed by atoms with E-state index < -0.39 is 17.8 Å². The van der Waals surface area contributed by atoms with Gasteiger partial charge in [-0.25, -0.2) is 0 Å². The molecule has 1 saturated carbocycles. The fraction of sp³-hybridized carbons (Fsp3) is 0.333. The van der Waals surface area contributed by atoms with Crippen molar-refractivity contribution in [2.75, 3.05) is 5.32 Å². The third kappa shape index (κ3) is 2.03. The molecule has 0 aromatic heterocycles. The molecule has 3 rings (SSSR count). The molecule has 1 aromatic carbocycles. The van der Waals surface area contributed by atoms with E-state index in [0.717, 1.165) is 6.42 Å². The Morgan fingerprint density at radius 1 is 1.05 bits per heavy atom. The van der Waals surface area contributed by atoms with Gasteiger partial charge in [0.2, 0.25) is 5.91 Å². The Hall–Kier alpha value is -2.10. The molecule has 4 atom stereocenters. The van der Waals surface area contributed by atoms with Gasteiger partial charge < -0.3 is 10.4 Å². The highest BCUT2D eigenvalue weighted by atomic mass is 16.4. The van der Waals surface area contributed by atoms with Crippen LogP contribution in [0.25, 0.3) is 0 Å². The predicted octanol–water partition coefficient (Wildman–Crippen LogP) is 2.15. The number of aliphatic carboxylic acids is 1. The minimum atomic E-state index is -0.870. The van der Waals surface area contributed by atoms with Crippen molar-refractivity contribution in [3.8, 4) is 0 Å². The van der Waals surface area contributed by atoms with Crippen molar-refractivity contribution in [1.82, 2.24) is 0 Å². The van der Waals surface area contributed by atoms with Gasteiger partial charge >= 0.3 is 5.97 Å². The number of para-hydroxylation sites is 1. The standard InChI is InChI=1S/C15H15NO3/c17-14(16-11-4-2-1-3-5-11)12-9-6-7-10(8-9)13(12)15(18)19/h1-7,9-10,12-13H,8H2,(H,16,17)(H,18,19)/t9-,10-,12-,13+/m0/s1. The van der Waals surface area contributed by atoms with Gasteiger partial charge in [0.25, 0.3) is 0 Å². The third-order valence-electron chi connectivity index (χ3n) is 4.09. The molecule has 2 aliphatic rings. The second-order valence-corrected chi connectivity index (χ2v) is 5.19. The van der Waals surface area contributed by atoms with Gasteiger partial charge in [-0.05, 0) is 30.4 Å². The van der Waals surface area contributed by atoms with Crippen LogP contribution < -0.4 is 5.32 Å².